The predicted molar refractivity (Wildman–Crippen MR) is 105 cm³/mol. The summed E-state index contributed by atoms with van der Waals surface area (Å²) in [5, 5.41) is 19.0. The number of phenols is 1. The molecule has 140 valence electrons. The first kappa shape index (κ1) is 21.6. The molecule has 0 fully saturated rings. The van der Waals surface area contributed by atoms with E-state index in [4.69, 9.17) is 11.6 Å². The van der Waals surface area contributed by atoms with Crippen LogP contribution in [0.5, 0.6) is 5.75 Å². The summed E-state index contributed by atoms with van der Waals surface area (Å²) >= 11 is 6.02. The number of methoxy groups -OCH3 is 1. The van der Waals surface area contributed by atoms with Crippen molar-refractivity contribution in [2.24, 2.45) is 10.2 Å². The fourth-order valence-corrected chi connectivity index (χ4v) is 2.18. The SMILES string of the molecule is CC(C)(C)c1cccc(N=Nc2ccccc2Cl)c1O.CCC(=O)OC. The van der Waals surface area contributed by atoms with Crippen molar-refractivity contribution in [2.75, 3.05) is 7.11 Å². The molecule has 0 heterocycles. The van der Waals surface area contributed by atoms with Crippen LogP contribution in [0.15, 0.2) is 52.7 Å². The van der Waals surface area contributed by atoms with Gasteiger partial charge >= 0.3 is 5.97 Å². The first-order valence-corrected chi connectivity index (χ1v) is 8.64. The average Bonchev–Trinajstić information content (AvgIpc) is 2.61. The number of carbonyl (C=O) groups is 1. The van der Waals surface area contributed by atoms with E-state index >= 15 is 0 Å². The Kier molecular flexibility index (Phi) is 8.26. The van der Waals surface area contributed by atoms with Crippen LogP contribution in [0.4, 0.5) is 11.4 Å². The van der Waals surface area contributed by atoms with Crippen LogP contribution in [0.25, 0.3) is 0 Å². The lowest BCUT2D eigenvalue weighted by molar-refractivity contribution is -0.140. The molecule has 2 aromatic carbocycles. The Morgan fingerprint density at radius 2 is 1.65 bits per heavy atom. The number of phenolic OH excluding ortho intramolecular Hbond substituents is 1. The number of esters is 1. The van der Waals surface area contributed by atoms with E-state index in [0.29, 0.717) is 22.8 Å². The van der Waals surface area contributed by atoms with Crippen molar-refractivity contribution in [3.05, 3.63) is 53.1 Å². The predicted octanol–water partition coefficient (Wildman–Crippen LogP) is 6.33. The molecule has 0 aliphatic rings. The van der Waals surface area contributed by atoms with Gasteiger partial charge in [0.25, 0.3) is 0 Å². The third kappa shape index (κ3) is 6.48. The second kappa shape index (κ2) is 9.92. The molecule has 0 saturated carbocycles. The van der Waals surface area contributed by atoms with Gasteiger partial charge in [0.2, 0.25) is 0 Å². The number of nitrogens with zero attached hydrogens (tertiary/aromatic N) is 2. The van der Waals surface area contributed by atoms with E-state index in [2.05, 4.69) is 15.0 Å². The minimum atomic E-state index is -0.157. The molecule has 2 aromatic rings. The van der Waals surface area contributed by atoms with Crippen molar-refractivity contribution in [3.8, 4) is 5.75 Å². The van der Waals surface area contributed by atoms with Gasteiger partial charge < -0.3 is 9.84 Å². The van der Waals surface area contributed by atoms with Gasteiger partial charge in [0, 0.05) is 12.0 Å². The van der Waals surface area contributed by atoms with Crippen molar-refractivity contribution in [3.63, 3.8) is 0 Å². The molecular formula is C20H25ClN2O3. The number of hydrogen-bond donors (Lipinski definition) is 1. The van der Waals surface area contributed by atoms with Crippen LogP contribution >= 0.6 is 11.6 Å². The number of benzene rings is 2. The van der Waals surface area contributed by atoms with E-state index in [9.17, 15) is 9.90 Å². The summed E-state index contributed by atoms with van der Waals surface area (Å²) in [6.07, 6.45) is 0.469. The van der Waals surface area contributed by atoms with Gasteiger partial charge in [0.15, 0.2) is 0 Å². The minimum Gasteiger partial charge on any atom is -0.505 e. The smallest absolute Gasteiger partial charge is 0.305 e. The van der Waals surface area contributed by atoms with Gasteiger partial charge in [-0.1, -0.05) is 63.6 Å². The Labute approximate surface area is 159 Å². The van der Waals surface area contributed by atoms with E-state index in [1.54, 1.807) is 25.1 Å². The number of carbonyl (C=O) groups excluding carboxylic acids is 1. The van der Waals surface area contributed by atoms with Gasteiger partial charge in [-0.05, 0) is 23.6 Å². The molecule has 0 spiro atoms. The topological polar surface area (TPSA) is 71.2 Å². The van der Waals surface area contributed by atoms with Crippen LogP contribution in [0.1, 0.15) is 39.7 Å². The standard InChI is InChI=1S/C16H17ClN2O.C4H8O2/c1-16(2,3)11-7-6-10-14(15(11)20)19-18-13-9-5-4-8-12(13)17;1-3-4(5)6-2/h4-10,20H,1-3H3;3H2,1-2H3. The summed E-state index contributed by atoms with van der Waals surface area (Å²) in [7, 11) is 1.38. The molecule has 5 nitrogen and oxygen atoms in total. The Morgan fingerprint density at radius 3 is 2.15 bits per heavy atom. The van der Waals surface area contributed by atoms with E-state index in [0.717, 1.165) is 5.56 Å². The summed E-state index contributed by atoms with van der Waals surface area (Å²) in [6.45, 7) is 7.87. The lowest BCUT2D eigenvalue weighted by Gasteiger charge is -2.20. The Balaban J connectivity index is 0.000000487. The summed E-state index contributed by atoms with van der Waals surface area (Å²) in [4.78, 5) is 9.96. The molecule has 26 heavy (non-hydrogen) atoms. The molecular weight excluding hydrogens is 352 g/mol. The van der Waals surface area contributed by atoms with Crippen molar-refractivity contribution in [2.45, 2.75) is 39.5 Å². The maximum atomic E-state index is 10.3. The highest BCUT2D eigenvalue weighted by Gasteiger charge is 2.19. The second-order valence-corrected chi connectivity index (χ2v) is 6.91. The molecule has 1 N–H and O–H groups in total. The molecule has 0 aromatic heterocycles. The molecule has 0 radical (unpaired) electrons. The van der Waals surface area contributed by atoms with Gasteiger partial charge in [0.05, 0.1) is 12.1 Å². The largest absolute Gasteiger partial charge is 0.505 e. The number of ether oxygens (including phenoxy) is 1. The zero-order chi connectivity index (χ0) is 19.7. The van der Waals surface area contributed by atoms with Crippen molar-refractivity contribution >= 4 is 28.9 Å². The number of para-hydroxylation sites is 1. The fourth-order valence-electron chi connectivity index (χ4n) is 2.00. The first-order chi connectivity index (χ1) is 12.2. The van der Waals surface area contributed by atoms with Crippen LogP contribution in [-0.2, 0) is 14.9 Å². The van der Waals surface area contributed by atoms with Crippen LogP contribution in [-0.4, -0.2) is 18.2 Å². The van der Waals surface area contributed by atoms with E-state index < -0.39 is 0 Å². The zero-order valence-electron chi connectivity index (χ0n) is 15.8. The quantitative estimate of drug-likeness (QED) is 0.502. The van der Waals surface area contributed by atoms with Crippen molar-refractivity contribution in [1.82, 2.24) is 0 Å². The second-order valence-electron chi connectivity index (χ2n) is 6.50. The molecule has 0 bridgehead atoms. The lowest BCUT2D eigenvalue weighted by Crippen LogP contribution is -2.10. The van der Waals surface area contributed by atoms with E-state index in [1.807, 2.05) is 45.0 Å². The van der Waals surface area contributed by atoms with Gasteiger partial charge in [-0.15, -0.1) is 10.2 Å². The van der Waals surface area contributed by atoms with Crippen LogP contribution in [0, 0.1) is 0 Å². The van der Waals surface area contributed by atoms with E-state index in [1.165, 1.54) is 7.11 Å². The van der Waals surface area contributed by atoms with Gasteiger partial charge in [-0.2, -0.15) is 0 Å². The van der Waals surface area contributed by atoms with Gasteiger partial charge in [0.1, 0.15) is 17.1 Å². The lowest BCUT2D eigenvalue weighted by atomic mass is 9.86. The number of hydrogen-bond acceptors (Lipinski definition) is 5. The molecule has 0 aliphatic carbocycles. The van der Waals surface area contributed by atoms with Crippen LogP contribution in [0.3, 0.4) is 0 Å². The molecule has 2 rings (SSSR count). The average molecular weight is 377 g/mol. The van der Waals surface area contributed by atoms with Gasteiger partial charge in [-0.3, -0.25) is 4.79 Å². The number of halogens is 1. The first-order valence-electron chi connectivity index (χ1n) is 8.26. The third-order valence-electron chi connectivity index (χ3n) is 3.46. The summed E-state index contributed by atoms with van der Waals surface area (Å²) < 4.78 is 4.26. The van der Waals surface area contributed by atoms with Crippen LogP contribution in [0.2, 0.25) is 5.02 Å². The molecule has 0 unspecified atom stereocenters. The maximum absolute atomic E-state index is 10.3. The number of azo groups is 1. The fraction of sp³-hybridized carbons (Fsp3) is 0.350. The highest BCUT2D eigenvalue weighted by Crippen LogP contribution is 2.38. The molecule has 0 aliphatic heterocycles. The summed E-state index contributed by atoms with van der Waals surface area (Å²) in [5.41, 5.74) is 1.71. The maximum Gasteiger partial charge on any atom is 0.305 e. The third-order valence-corrected chi connectivity index (χ3v) is 3.78. The molecule has 0 atom stereocenters. The number of rotatable bonds is 3. The highest BCUT2D eigenvalue weighted by atomic mass is 35.5. The van der Waals surface area contributed by atoms with E-state index in [-0.39, 0.29) is 17.1 Å². The minimum absolute atomic E-state index is 0.153. The van der Waals surface area contributed by atoms with Crippen LogP contribution < -0.4 is 0 Å². The zero-order valence-corrected chi connectivity index (χ0v) is 16.5. The van der Waals surface area contributed by atoms with Gasteiger partial charge in [-0.25, -0.2) is 0 Å². The molecule has 6 heteroatoms. The van der Waals surface area contributed by atoms with Crippen molar-refractivity contribution in [1.29, 1.82) is 0 Å². The normalized spacial score (nSPS) is 11.0. The molecule has 0 saturated heterocycles. The highest BCUT2D eigenvalue weighted by molar-refractivity contribution is 6.32. The molecule has 0 amide bonds. The summed E-state index contributed by atoms with van der Waals surface area (Å²) in [6, 6.07) is 12.7. The number of aromatic hydroxyl groups is 1. The summed E-state index contributed by atoms with van der Waals surface area (Å²) in [5.74, 6) is 0.00537. The Morgan fingerprint density at radius 1 is 1.08 bits per heavy atom. The monoisotopic (exact) mass is 376 g/mol. The Bertz CT molecular complexity index is 762. The Hall–Kier alpha value is -2.40. The van der Waals surface area contributed by atoms with Crippen molar-refractivity contribution < 1.29 is 14.6 Å².